The summed E-state index contributed by atoms with van der Waals surface area (Å²) in [5, 5.41) is 0. The van der Waals surface area contributed by atoms with Gasteiger partial charge in [-0.2, -0.15) is 21.6 Å². The average Bonchev–Trinajstić information content (AvgIpc) is 2.15. The zero-order chi connectivity index (χ0) is 13.1. The molecule has 17 heavy (non-hydrogen) atoms. The number of hydrogen-bond donors (Lipinski definition) is 0. The predicted octanol–water partition coefficient (Wildman–Crippen LogP) is 2.57. The highest BCUT2D eigenvalue weighted by molar-refractivity contribution is 7.85. The third kappa shape index (κ3) is 4.35. The lowest BCUT2D eigenvalue weighted by Gasteiger charge is -2.08. The standard InChI is InChI=1S/C10H11F3O3S/c1-2-16-17(14,15)7-8-4-3-5-9(6-8)10(11,12)13/h3-6H,2,7H2,1H3. The molecule has 0 aliphatic rings. The minimum absolute atomic E-state index is 0.0404. The van der Waals surface area contributed by atoms with Gasteiger partial charge in [0.25, 0.3) is 10.1 Å². The maximum Gasteiger partial charge on any atom is 0.416 e. The second kappa shape index (κ2) is 5.05. The second-order valence-corrected chi connectivity index (χ2v) is 4.95. The van der Waals surface area contributed by atoms with Gasteiger partial charge in [0.05, 0.1) is 12.2 Å². The Morgan fingerprint density at radius 3 is 2.47 bits per heavy atom. The van der Waals surface area contributed by atoms with E-state index in [9.17, 15) is 21.6 Å². The quantitative estimate of drug-likeness (QED) is 0.788. The molecule has 0 radical (unpaired) electrons. The SMILES string of the molecule is CCOS(=O)(=O)Cc1cccc(C(F)(F)F)c1. The van der Waals surface area contributed by atoms with Gasteiger partial charge in [-0.05, 0) is 18.6 Å². The van der Waals surface area contributed by atoms with E-state index in [-0.39, 0.29) is 12.2 Å². The Labute approximate surface area is 97.3 Å². The number of rotatable bonds is 4. The smallest absolute Gasteiger partial charge is 0.270 e. The Bertz CT molecular complexity index is 480. The molecule has 0 saturated carbocycles. The zero-order valence-corrected chi connectivity index (χ0v) is 9.81. The largest absolute Gasteiger partial charge is 0.416 e. The fraction of sp³-hybridized carbons (Fsp3) is 0.400. The minimum Gasteiger partial charge on any atom is -0.270 e. The van der Waals surface area contributed by atoms with Gasteiger partial charge in [0.2, 0.25) is 0 Å². The van der Waals surface area contributed by atoms with Gasteiger partial charge in [-0.25, -0.2) is 0 Å². The molecular formula is C10H11F3O3S. The number of halogens is 3. The van der Waals surface area contributed by atoms with E-state index in [1.54, 1.807) is 0 Å². The van der Waals surface area contributed by atoms with Crippen molar-refractivity contribution in [3.05, 3.63) is 35.4 Å². The third-order valence-electron chi connectivity index (χ3n) is 1.90. The summed E-state index contributed by atoms with van der Waals surface area (Å²) in [5.74, 6) is -0.565. The molecule has 0 saturated heterocycles. The molecule has 0 amide bonds. The molecule has 0 spiro atoms. The van der Waals surface area contributed by atoms with Gasteiger partial charge in [0.15, 0.2) is 0 Å². The van der Waals surface area contributed by atoms with Crippen LogP contribution in [-0.2, 0) is 26.2 Å². The van der Waals surface area contributed by atoms with Crippen LogP contribution in [0.25, 0.3) is 0 Å². The van der Waals surface area contributed by atoms with Gasteiger partial charge < -0.3 is 0 Å². The molecule has 0 aliphatic heterocycles. The molecule has 7 heteroatoms. The van der Waals surface area contributed by atoms with Gasteiger partial charge in [0, 0.05) is 0 Å². The summed E-state index contributed by atoms with van der Waals surface area (Å²) in [6, 6.07) is 4.17. The van der Waals surface area contributed by atoms with E-state index in [0.717, 1.165) is 12.1 Å². The maximum atomic E-state index is 12.4. The predicted molar refractivity (Wildman–Crippen MR) is 55.7 cm³/mol. The van der Waals surface area contributed by atoms with Crippen molar-refractivity contribution in [1.82, 2.24) is 0 Å². The van der Waals surface area contributed by atoms with Gasteiger partial charge in [0.1, 0.15) is 5.75 Å². The highest BCUT2D eigenvalue weighted by Gasteiger charge is 2.30. The third-order valence-corrected chi connectivity index (χ3v) is 3.18. The van der Waals surface area contributed by atoms with E-state index >= 15 is 0 Å². The summed E-state index contributed by atoms with van der Waals surface area (Å²) in [6.07, 6.45) is -4.48. The first-order valence-corrected chi connectivity index (χ1v) is 6.35. The van der Waals surface area contributed by atoms with E-state index in [2.05, 4.69) is 4.18 Å². The first-order valence-electron chi connectivity index (χ1n) is 4.78. The van der Waals surface area contributed by atoms with Crippen molar-refractivity contribution in [2.75, 3.05) is 6.61 Å². The molecule has 1 aromatic carbocycles. The van der Waals surface area contributed by atoms with Crippen LogP contribution in [0.5, 0.6) is 0 Å². The van der Waals surface area contributed by atoms with Crippen molar-refractivity contribution in [2.45, 2.75) is 18.9 Å². The molecule has 1 aromatic rings. The average molecular weight is 268 g/mol. The highest BCUT2D eigenvalue weighted by Crippen LogP contribution is 2.29. The molecule has 0 fully saturated rings. The van der Waals surface area contributed by atoms with Crippen LogP contribution in [0.1, 0.15) is 18.1 Å². The molecule has 1 rings (SSSR count). The fourth-order valence-electron chi connectivity index (χ4n) is 1.26. The lowest BCUT2D eigenvalue weighted by Crippen LogP contribution is -2.10. The van der Waals surface area contributed by atoms with Crippen LogP contribution in [-0.4, -0.2) is 15.0 Å². The van der Waals surface area contributed by atoms with Crippen LogP contribution in [0.15, 0.2) is 24.3 Å². The second-order valence-electron chi connectivity index (χ2n) is 3.31. The van der Waals surface area contributed by atoms with Crippen molar-refractivity contribution in [1.29, 1.82) is 0 Å². The Hall–Kier alpha value is -1.08. The van der Waals surface area contributed by atoms with Crippen molar-refractivity contribution in [3.63, 3.8) is 0 Å². The van der Waals surface area contributed by atoms with Crippen LogP contribution >= 0.6 is 0 Å². The lowest BCUT2D eigenvalue weighted by molar-refractivity contribution is -0.137. The number of benzene rings is 1. The van der Waals surface area contributed by atoms with E-state index in [1.165, 1.54) is 19.1 Å². The maximum absolute atomic E-state index is 12.4. The summed E-state index contributed by atoms with van der Waals surface area (Å²) in [4.78, 5) is 0. The van der Waals surface area contributed by atoms with Crippen molar-refractivity contribution < 1.29 is 25.8 Å². The summed E-state index contributed by atoms with van der Waals surface area (Å²) < 4.78 is 64.1. The molecule has 96 valence electrons. The molecule has 0 bridgehead atoms. The summed E-state index contributed by atoms with van der Waals surface area (Å²) >= 11 is 0. The van der Waals surface area contributed by atoms with Gasteiger partial charge in [-0.1, -0.05) is 18.2 Å². The summed E-state index contributed by atoms with van der Waals surface area (Å²) in [6.45, 7) is 1.45. The van der Waals surface area contributed by atoms with Gasteiger partial charge >= 0.3 is 6.18 Å². The normalized spacial score (nSPS) is 12.7. The van der Waals surface area contributed by atoms with E-state index in [4.69, 9.17) is 0 Å². The molecular weight excluding hydrogens is 257 g/mol. The monoisotopic (exact) mass is 268 g/mol. The molecule has 3 nitrogen and oxygen atoms in total. The highest BCUT2D eigenvalue weighted by atomic mass is 32.2. The van der Waals surface area contributed by atoms with Gasteiger partial charge in [-0.3, -0.25) is 4.18 Å². The molecule has 0 N–H and O–H groups in total. The van der Waals surface area contributed by atoms with Gasteiger partial charge in [-0.15, -0.1) is 0 Å². The van der Waals surface area contributed by atoms with E-state index in [0.29, 0.717) is 0 Å². The van der Waals surface area contributed by atoms with Crippen LogP contribution in [0.3, 0.4) is 0 Å². The Balaban J connectivity index is 2.94. The van der Waals surface area contributed by atoms with Crippen molar-refractivity contribution in [2.24, 2.45) is 0 Å². The number of alkyl halides is 3. The van der Waals surface area contributed by atoms with Crippen LogP contribution < -0.4 is 0 Å². The van der Waals surface area contributed by atoms with E-state index < -0.39 is 27.6 Å². The number of hydrogen-bond acceptors (Lipinski definition) is 3. The Kier molecular flexibility index (Phi) is 4.16. The fourth-order valence-corrected chi connectivity index (χ4v) is 2.29. The van der Waals surface area contributed by atoms with Crippen LogP contribution in [0.4, 0.5) is 13.2 Å². The molecule has 0 heterocycles. The van der Waals surface area contributed by atoms with Crippen LogP contribution in [0.2, 0.25) is 0 Å². The summed E-state index contributed by atoms with van der Waals surface area (Å²) in [7, 11) is -3.81. The Morgan fingerprint density at radius 1 is 1.29 bits per heavy atom. The van der Waals surface area contributed by atoms with Crippen molar-refractivity contribution >= 4 is 10.1 Å². The molecule has 0 aliphatic carbocycles. The lowest BCUT2D eigenvalue weighted by atomic mass is 10.1. The zero-order valence-electron chi connectivity index (χ0n) is 8.99. The summed E-state index contributed by atoms with van der Waals surface area (Å²) in [5.41, 5.74) is -0.824. The first kappa shape index (κ1) is 14.0. The van der Waals surface area contributed by atoms with Crippen molar-refractivity contribution in [3.8, 4) is 0 Å². The Morgan fingerprint density at radius 2 is 1.94 bits per heavy atom. The molecule has 0 unspecified atom stereocenters. The van der Waals surface area contributed by atoms with Crippen LogP contribution in [0, 0.1) is 0 Å². The molecule has 0 atom stereocenters. The molecule has 0 aromatic heterocycles. The van der Waals surface area contributed by atoms with E-state index in [1.807, 2.05) is 0 Å². The first-order chi connectivity index (χ1) is 7.74. The minimum atomic E-state index is -4.48. The topological polar surface area (TPSA) is 43.4 Å².